The molecule has 1 fully saturated rings. The number of aliphatic hydroxyl groups excluding tert-OH is 1. The summed E-state index contributed by atoms with van der Waals surface area (Å²) in [6.07, 6.45) is 5.89. The molecule has 0 spiro atoms. The van der Waals surface area contributed by atoms with E-state index in [1.54, 1.807) is 0 Å². The van der Waals surface area contributed by atoms with Gasteiger partial charge in [0.2, 0.25) is 0 Å². The van der Waals surface area contributed by atoms with E-state index < -0.39 is 6.10 Å². The number of aliphatic hydroxyl groups is 1. The maximum absolute atomic E-state index is 10.4. The summed E-state index contributed by atoms with van der Waals surface area (Å²) >= 11 is 0. The number of nitrogens with two attached hydrogens (primary N) is 1. The van der Waals surface area contributed by atoms with Crippen LogP contribution in [0.5, 0.6) is 0 Å². The molecule has 1 aromatic rings. The van der Waals surface area contributed by atoms with E-state index >= 15 is 0 Å². The van der Waals surface area contributed by atoms with Gasteiger partial charge < -0.3 is 10.8 Å². The smallest absolute Gasteiger partial charge is 0.0917 e. The van der Waals surface area contributed by atoms with E-state index in [1.165, 1.54) is 32.1 Å². The standard InChI is InChI=1S/C16H26N2O/c1-2-15-9-4-3-5-10-18(15)12-16(19)13-7-6-8-14(17)11-13/h6-8,11,15-16,19H,2-5,9-10,12,17H2,1H3. The molecule has 0 radical (unpaired) electrons. The number of hydrogen-bond acceptors (Lipinski definition) is 3. The van der Waals surface area contributed by atoms with Gasteiger partial charge >= 0.3 is 0 Å². The predicted molar refractivity (Wildman–Crippen MR) is 79.9 cm³/mol. The molecular formula is C16H26N2O. The molecule has 3 heteroatoms. The summed E-state index contributed by atoms with van der Waals surface area (Å²) in [5.74, 6) is 0. The van der Waals surface area contributed by atoms with Gasteiger partial charge in [-0.2, -0.15) is 0 Å². The van der Waals surface area contributed by atoms with Gasteiger partial charge in [-0.25, -0.2) is 0 Å². The number of nitrogens with zero attached hydrogens (tertiary/aromatic N) is 1. The highest BCUT2D eigenvalue weighted by Gasteiger charge is 2.22. The van der Waals surface area contributed by atoms with E-state index in [4.69, 9.17) is 5.73 Å². The number of nitrogen functional groups attached to an aromatic ring is 1. The molecule has 2 atom stereocenters. The molecule has 1 aliphatic heterocycles. The minimum Gasteiger partial charge on any atom is -0.399 e. The molecule has 0 bridgehead atoms. The second kappa shape index (κ2) is 6.92. The monoisotopic (exact) mass is 262 g/mol. The van der Waals surface area contributed by atoms with E-state index in [9.17, 15) is 5.11 Å². The Morgan fingerprint density at radius 1 is 1.37 bits per heavy atom. The average Bonchev–Trinajstić information content (AvgIpc) is 2.63. The Labute approximate surface area is 116 Å². The minimum absolute atomic E-state index is 0.435. The predicted octanol–water partition coefficient (Wildman–Crippen LogP) is 2.96. The first-order chi connectivity index (χ1) is 9.20. The van der Waals surface area contributed by atoms with Crippen LogP contribution >= 0.6 is 0 Å². The summed E-state index contributed by atoms with van der Waals surface area (Å²) in [4.78, 5) is 2.46. The highest BCUT2D eigenvalue weighted by Crippen LogP contribution is 2.23. The lowest BCUT2D eigenvalue weighted by molar-refractivity contribution is 0.0865. The van der Waals surface area contributed by atoms with Crippen molar-refractivity contribution in [2.75, 3.05) is 18.8 Å². The maximum Gasteiger partial charge on any atom is 0.0917 e. The van der Waals surface area contributed by atoms with Crippen molar-refractivity contribution in [3.63, 3.8) is 0 Å². The zero-order valence-electron chi connectivity index (χ0n) is 11.9. The summed E-state index contributed by atoms with van der Waals surface area (Å²) in [6, 6.07) is 8.23. The molecule has 3 N–H and O–H groups in total. The Hall–Kier alpha value is -1.06. The van der Waals surface area contributed by atoms with Crippen LogP contribution in [0, 0.1) is 0 Å². The Balaban J connectivity index is 2.01. The Morgan fingerprint density at radius 2 is 2.21 bits per heavy atom. The van der Waals surface area contributed by atoms with Crippen molar-refractivity contribution in [2.24, 2.45) is 0 Å². The maximum atomic E-state index is 10.4. The van der Waals surface area contributed by atoms with Crippen molar-refractivity contribution in [3.8, 4) is 0 Å². The number of rotatable bonds is 4. The fourth-order valence-electron chi connectivity index (χ4n) is 3.03. The van der Waals surface area contributed by atoms with Crippen molar-refractivity contribution in [1.29, 1.82) is 0 Å². The summed E-state index contributed by atoms with van der Waals surface area (Å²) in [5, 5.41) is 10.4. The first kappa shape index (κ1) is 14.4. The molecular weight excluding hydrogens is 236 g/mol. The third-order valence-electron chi connectivity index (χ3n) is 4.17. The molecule has 2 unspecified atom stereocenters. The first-order valence-electron chi connectivity index (χ1n) is 7.48. The van der Waals surface area contributed by atoms with Gasteiger partial charge in [0, 0.05) is 18.3 Å². The lowest BCUT2D eigenvalue weighted by Gasteiger charge is -2.31. The van der Waals surface area contributed by atoms with Crippen LogP contribution < -0.4 is 5.73 Å². The number of β-amino-alcohol motifs (C(OH)–C–C–N with tert-alkyl or cyclic N) is 1. The molecule has 19 heavy (non-hydrogen) atoms. The molecule has 0 amide bonds. The van der Waals surface area contributed by atoms with Crippen molar-refractivity contribution >= 4 is 5.69 Å². The normalized spacial score (nSPS) is 22.9. The average molecular weight is 262 g/mol. The zero-order valence-corrected chi connectivity index (χ0v) is 11.9. The van der Waals surface area contributed by atoms with Crippen molar-refractivity contribution in [1.82, 2.24) is 4.90 Å². The van der Waals surface area contributed by atoms with E-state index in [0.717, 1.165) is 24.3 Å². The van der Waals surface area contributed by atoms with Gasteiger partial charge in [-0.3, -0.25) is 4.90 Å². The molecule has 2 rings (SSSR count). The van der Waals surface area contributed by atoms with Gasteiger partial charge in [-0.1, -0.05) is 31.9 Å². The second-order valence-corrected chi connectivity index (χ2v) is 5.59. The van der Waals surface area contributed by atoms with Crippen LogP contribution in [-0.2, 0) is 0 Å². The zero-order chi connectivity index (χ0) is 13.7. The molecule has 0 aromatic heterocycles. The molecule has 106 valence electrons. The molecule has 3 nitrogen and oxygen atoms in total. The molecule has 1 saturated heterocycles. The van der Waals surface area contributed by atoms with Crippen LogP contribution in [0.3, 0.4) is 0 Å². The molecule has 1 heterocycles. The summed E-state index contributed by atoms with van der Waals surface area (Å²) < 4.78 is 0. The van der Waals surface area contributed by atoms with Gasteiger partial charge in [-0.15, -0.1) is 0 Å². The highest BCUT2D eigenvalue weighted by molar-refractivity contribution is 5.41. The van der Waals surface area contributed by atoms with Crippen LogP contribution in [-0.4, -0.2) is 29.1 Å². The number of benzene rings is 1. The lowest BCUT2D eigenvalue weighted by Crippen LogP contribution is -2.37. The van der Waals surface area contributed by atoms with Gasteiger partial charge in [0.25, 0.3) is 0 Å². The van der Waals surface area contributed by atoms with Crippen LogP contribution in [0.15, 0.2) is 24.3 Å². The third-order valence-corrected chi connectivity index (χ3v) is 4.17. The minimum atomic E-state index is -0.435. The van der Waals surface area contributed by atoms with Crippen LogP contribution in [0.4, 0.5) is 5.69 Å². The lowest BCUT2D eigenvalue weighted by atomic mass is 10.0. The van der Waals surface area contributed by atoms with Crippen molar-refractivity contribution < 1.29 is 5.11 Å². The largest absolute Gasteiger partial charge is 0.399 e. The van der Waals surface area contributed by atoms with Gasteiger partial charge in [0.05, 0.1) is 6.10 Å². The molecule has 1 aromatic carbocycles. The Kier molecular flexibility index (Phi) is 5.23. The topological polar surface area (TPSA) is 49.5 Å². The fourth-order valence-corrected chi connectivity index (χ4v) is 3.03. The Bertz CT molecular complexity index is 394. The number of likely N-dealkylation sites (tertiary alicyclic amines) is 1. The third kappa shape index (κ3) is 3.95. The van der Waals surface area contributed by atoms with E-state index in [2.05, 4.69) is 11.8 Å². The fraction of sp³-hybridized carbons (Fsp3) is 0.625. The summed E-state index contributed by atoms with van der Waals surface area (Å²) in [5.41, 5.74) is 7.43. The van der Waals surface area contributed by atoms with Crippen LogP contribution in [0.1, 0.15) is 50.7 Å². The summed E-state index contributed by atoms with van der Waals surface area (Å²) in [6.45, 7) is 4.08. The van der Waals surface area contributed by atoms with Crippen molar-refractivity contribution in [3.05, 3.63) is 29.8 Å². The van der Waals surface area contributed by atoms with E-state index in [1.807, 2.05) is 24.3 Å². The second-order valence-electron chi connectivity index (χ2n) is 5.59. The van der Waals surface area contributed by atoms with Crippen LogP contribution in [0.2, 0.25) is 0 Å². The van der Waals surface area contributed by atoms with Gasteiger partial charge in [-0.05, 0) is 43.5 Å². The SMILES string of the molecule is CCC1CCCCCN1CC(O)c1cccc(N)c1. The number of anilines is 1. The quantitative estimate of drug-likeness (QED) is 0.820. The summed E-state index contributed by atoms with van der Waals surface area (Å²) in [7, 11) is 0. The van der Waals surface area contributed by atoms with Crippen LogP contribution in [0.25, 0.3) is 0 Å². The first-order valence-corrected chi connectivity index (χ1v) is 7.48. The number of hydrogen-bond donors (Lipinski definition) is 2. The van der Waals surface area contributed by atoms with Gasteiger partial charge in [0.15, 0.2) is 0 Å². The van der Waals surface area contributed by atoms with Crippen molar-refractivity contribution in [2.45, 2.75) is 51.2 Å². The molecule has 0 saturated carbocycles. The van der Waals surface area contributed by atoms with Gasteiger partial charge in [0.1, 0.15) is 0 Å². The Morgan fingerprint density at radius 3 is 2.95 bits per heavy atom. The van der Waals surface area contributed by atoms with E-state index in [-0.39, 0.29) is 0 Å². The molecule has 1 aliphatic rings. The highest BCUT2D eigenvalue weighted by atomic mass is 16.3. The molecule has 0 aliphatic carbocycles. The van der Waals surface area contributed by atoms with E-state index in [0.29, 0.717) is 6.04 Å².